The lowest BCUT2D eigenvalue weighted by Crippen LogP contribution is -2.03. The van der Waals surface area contributed by atoms with Crippen LogP contribution in [0.2, 0.25) is 10.0 Å². The van der Waals surface area contributed by atoms with Crippen molar-refractivity contribution in [2.24, 2.45) is 10.2 Å². The summed E-state index contributed by atoms with van der Waals surface area (Å²) in [5, 5.41) is 21.2. The van der Waals surface area contributed by atoms with Crippen molar-refractivity contribution in [1.82, 2.24) is 10.2 Å². The first kappa shape index (κ1) is 14.9. The van der Waals surface area contributed by atoms with Crippen molar-refractivity contribution in [2.75, 3.05) is 0 Å². The topological polar surface area (TPSA) is 70.7 Å². The van der Waals surface area contributed by atoms with Crippen LogP contribution in [0.4, 0.5) is 24.0 Å². The van der Waals surface area contributed by atoms with Gasteiger partial charge in [0.1, 0.15) is 11.4 Å². The molecular formula is C9H3Cl2F3N4OS. The Bertz CT molecular complexity index is 674. The Kier molecular flexibility index (Phi) is 4.11. The highest BCUT2D eigenvalue weighted by Gasteiger charge is 2.35. The Hall–Kier alpha value is -1.45. The summed E-state index contributed by atoms with van der Waals surface area (Å²) < 4.78 is 36.9. The van der Waals surface area contributed by atoms with E-state index in [9.17, 15) is 18.3 Å². The molecule has 0 saturated heterocycles. The van der Waals surface area contributed by atoms with Gasteiger partial charge in [0.05, 0.1) is 10.0 Å². The highest BCUT2D eigenvalue weighted by molar-refractivity contribution is 7.15. The molecule has 0 saturated carbocycles. The lowest BCUT2D eigenvalue weighted by Gasteiger charge is -1.99. The van der Waals surface area contributed by atoms with E-state index in [0.29, 0.717) is 0 Å². The number of rotatable bonds is 2. The number of benzene rings is 1. The number of halogens is 5. The van der Waals surface area contributed by atoms with Crippen molar-refractivity contribution in [3.63, 3.8) is 0 Å². The van der Waals surface area contributed by atoms with E-state index in [2.05, 4.69) is 20.4 Å². The minimum absolute atomic E-state index is 0.0170. The molecule has 0 unspecified atom stereocenters. The third kappa shape index (κ3) is 3.35. The predicted molar refractivity (Wildman–Crippen MR) is 67.2 cm³/mol. The average Bonchev–Trinajstić information content (AvgIpc) is 2.80. The zero-order valence-corrected chi connectivity index (χ0v) is 11.5. The Morgan fingerprint density at radius 2 is 1.80 bits per heavy atom. The second-order valence-corrected chi connectivity index (χ2v) is 5.11. The highest BCUT2D eigenvalue weighted by atomic mass is 35.5. The summed E-state index contributed by atoms with van der Waals surface area (Å²) in [5.74, 6) is -0.245. The van der Waals surface area contributed by atoms with E-state index in [1.54, 1.807) is 0 Å². The van der Waals surface area contributed by atoms with Crippen LogP contribution in [-0.2, 0) is 6.18 Å². The minimum atomic E-state index is -4.58. The van der Waals surface area contributed by atoms with Gasteiger partial charge in [0.2, 0.25) is 5.01 Å². The van der Waals surface area contributed by atoms with Crippen LogP contribution in [0.3, 0.4) is 0 Å². The van der Waals surface area contributed by atoms with E-state index in [4.69, 9.17) is 23.2 Å². The van der Waals surface area contributed by atoms with Crippen LogP contribution in [0.25, 0.3) is 0 Å². The summed E-state index contributed by atoms with van der Waals surface area (Å²) >= 11 is 11.6. The quantitative estimate of drug-likeness (QED) is 0.782. The molecule has 0 spiro atoms. The first-order chi connectivity index (χ1) is 9.27. The Labute approximate surface area is 123 Å². The number of aromatic nitrogens is 2. The van der Waals surface area contributed by atoms with Crippen molar-refractivity contribution >= 4 is 45.4 Å². The number of phenolic OH excluding ortho intramolecular Hbond substituents is 1. The molecule has 0 radical (unpaired) electrons. The molecule has 1 heterocycles. The van der Waals surface area contributed by atoms with Gasteiger partial charge in [-0.25, -0.2) is 0 Å². The van der Waals surface area contributed by atoms with E-state index < -0.39 is 11.2 Å². The molecule has 1 aromatic carbocycles. The number of hydrogen-bond acceptors (Lipinski definition) is 6. The number of nitrogens with zero attached hydrogens (tertiary/aromatic N) is 4. The standard InChI is InChI=1S/C9H3Cl2F3N4OS/c10-3-2-6(19)4(11)1-5(3)15-17-8-18-16-7(20-8)9(12,13)14/h1-2,19H. The molecular weight excluding hydrogens is 340 g/mol. The molecule has 20 heavy (non-hydrogen) atoms. The minimum Gasteiger partial charge on any atom is -0.506 e. The Balaban J connectivity index is 2.26. The van der Waals surface area contributed by atoms with Crippen LogP contribution in [0.5, 0.6) is 5.75 Å². The van der Waals surface area contributed by atoms with Crippen molar-refractivity contribution in [3.05, 3.63) is 27.2 Å². The van der Waals surface area contributed by atoms with Crippen LogP contribution in [0, 0.1) is 0 Å². The average molecular weight is 343 g/mol. The zero-order valence-electron chi connectivity index (χ0n) is 9.19. The summed E-state index contributed by atoms with van der Waals surface area (Å²) in [6.45, 7) is 0. The molecule has 0 aliphatic heterocycles. The monoisotopic (exact) mass is 342 g/mol. The molecule has 1 N–H and O–H groups in total. The van der Waals surface area contributed by atoms with Gasteiger partial charge in [0, 0.05) is 6.07 Å². The van der Waals surface area contributed by atoms with Crippen LogP contribution in [0.1, 0.15) is 5.01 Å². The summed E-state index contributed by atoms with van der Waals surface area (Å²) in [4.78, 5) is 0. The van der Waals surface area contributed by atoms with E-state index in [1.165, 1.54) is 6.07 Å². The number of azo groups is 1. The third-order valence-corrected chi connectivity index (χ3v) is 3.37. The highest BCUT2D eigenvalue weighted by Crippen LogP contribution is 2.37. The van der Waals surface area contributed by atoms with Crippen LogP contribution in [0.15, 0.2) is 22.4 Å². The van der Waals surface area contributed by atoms with Crippen molar-refractivity contribution in [2.45, 2.75) is 6.18 Å². The van der Waals surface area contributed by atoms with Gasteiger partial charge < -0.3 is 5.11 Å². The van der Waals surface area contributed by atoms with Crippen LogP contribution in [-0.4, -0.2) is 15.3 Å². The van der Waals surface area contributed by atoms with Gasteiger partial charge in [-0.05, 0) is 6.07 Å². The second-order valence-electron chi connectivity index (χ2n) is 3.34. The fourth-order valence-electron chi connectivity index (χ4n) is 1.07. The second kappa shape index (κ2) is 5.51. The van der Waals surface area contributed by atoms with Gasteiger partial charge in [0.15, 0.2) is 0 Å². The smallest absolute Gasteiger partial charge is 0.445 e. The van der Waals surface area contributed by atoms with Crippen LogP contribution < -0.4 is 0 Å². The molecule has 2 rings (SSSR count). The molecule has 106 valence electrons. The molecule has 1 aromatic heterocycles. The van der Waals surface area contributed by atoms with E-state index in [-0.39, 0.29) is 38.0 Å². The molecule has 0 amide bonds. The van der Waals surface area contributed by atoms with Crippen molar-refractivity contribution < 1.29 is 18.3 Å². The number of phenols is 1. The lowest BCUT2D eigenvalue weighted by atomic mass is 10.3. The van der Waals surface area contributed by atoms with E-state index in [1.807, 2.05) is 0 Å². The van der Waals surface area contributed by atoms with Gasteiger partial charge in [-0.1, -0.05) is 34.5 Å². The van der Waals surface area contributed by atoms with Gasteiger partial charge >= 0.3 is 6.18 Å². The maximum absolute atomic E-state index is 12.3. The van der Waals surface area contributed by atoms with Crippen LogP contribution >= 0.6 is 34.5 Å². The first-order valence-electron chi connectivity index (χ1n) is 4.78. The van der Waals surface area contributed by atoms with E-state index in [0.717, 1.165) is 6.07 Å². The van der Waals surface area contributed by atoms with Gasteiger partial charge in [-0.2, -0.15) is 13.2 Å². The molecule has 0 fully saturated rings. The Morgan fingerprint density at radius 3 is 2.40 bits per heavy atom. The predicted octanol–water partition coefficient (Wildman–Crippen LogP) is 4.98. The molecule has 0 bridgehead atoms. The summed E-state index contributed by atoms with van der Waals surface area (Å²) in [6, 6.07) is 2.36. The maximum Gasteiger partial charge on any atom is 0.445 e. The number of hydrogen-bond donors (Lipinski definition) is 1. The molecule has 11 heteroatoms. The number of alkyl halides is 3. The van der Waals surface area contributed by atoms with Gasteiger partial charge in [-0.15, -0.1) is 20.4 Å². The lowest BCUT2D eigenvalue weighted by molar-refractivity contribution is -0.138. The number of aromatic hydroxyl groups is 1. The summed E-state index contributed by atoms with van der Waals surface area (Å²) in [6.07, 6.45) is -4.58. The van der Waals surface area contributed by atoms with Gasteiger partial charge in [0.25, 0.3) is 5.13 Å². The summed E-state index contributed by atoms with van der Waals surface area (Å²) in [7, 11) is 0. The molecule has 5 nitrogen and oxygen atoms in total. The van der Waals surface area contributed by atoms with E-state index >= 15 is 0 Å². The first-order valence-corrected chi connectivity index (χ1v) is 6.35. The normalized spacial score (nSPS) is 12.2. The maximum atomic E-state index is 12.3. The van der Waals surface area contributed by atoms with Gasteiger partial charge in [-0.3, -0.25) is 0 Å². The largest absolute Gasteiger partial charge is 0.506 e. The molecule has 0 aliphatic rings. The molecule has 2 aromatic rings. The fraction of sp³-hybridized carbons (Fsp3) is 0.111. The van der Waals surface area contributed by atoms with Crippen molar-refractivity contribution in [3.8, 4) is 5.75 Å². The van der Waals surface area contributed by atoms with Crippen molar-refractivity contribution in [1.29, 1.82) is 0 Å². The zero-order chi connectivity index (χ0) is 14.9. The fourth-order valence-corrected chi connectivity index (χ4v) is 1.96. The Morgan fingerprint density at radius 1 is 1.10 bits per heavy atom. The molecule has 0 aliphatic carbocycles. The third-order valence-electron chi connectivity index (χ3n) is 1.92. The molecule has 0 atom stereocenters. The SMILES string of the molecule is Oc1cc(Cl)c(N=Nc2nnc(C(F)(F)F)s2)cc1Cl. The summed E-state index contributed by atoms with van der Waals surface area (Å²) in [5.41, 5.74) is 0.0817.